The van der Waals surface area contributed by atoms with Crippen LogP contribution in [-0.4, -0.2) is 19.2 Å². The topological polar surface area (TPSA) is 104 Å². The number of carbonyl (C=O) groups excluding carboxylic acids is 1. The van der Waals surface area contributed by atoms with Crippen molar-refractivity contribution in [1.29, 1.82) is 5.26 Å². The van der Waals surface area contributed by atoms with Crippen molar-refractivity contribution in [3.63, 3.8) is 0 Å². The molecule has 0 aliphatic carbocycles. The van der Waals surface area contributed by atoms with E-state index in [1.807, 2.05) is 55.5 Å². The monoisotopic (exact) mass is 484 g/mol. The van der Waals surface area contributed by atoms with Gasteiger partial charge in [0, 0.05) is 11.6 Å². The molecule has 7 heteroatoms. The maximum Gasteiger partial charge on any atom is 0.349 e. The van der Waals surface area contributed by atoms with Gasteiger partial charge in [0.25, 0.3) is 0 Å². The van der Waals surface area contributed by atoms with Crippen LogP contribution in [0.2, 0.25) is 0 Å². The number of carbonyl (C=O) groups is 1. The van der Waals surface area contributed by atoms with Crippen molar-refractivity contribution in [2.45, 2.75) is 32.6 Å². The lowest BCUT2D eigenvalue weighted by Crippen LogP contribution is -2.21. The van der Waals surface area contributed by atoms with E-state index in [2.05, 4.69) is 19.9 Å². The van der Waals surface area contributed by atoms with Crippen LogP contribution in [0.1, 0.15) is 49.3 Å². The van der Waals surface area contributed by atoms with Crippen molar-refractivity contribution >= 4 is 5.97 Å². The van der Waals surface area contributed by atoms with Gasteiger partial charge in [-0.1, -0.05) is 44.2 Å². The van der Waals surface area contributed by atoms with Gasteiger partial charge >= 0.3 is 5.97 Å². The molecule has 7 nitrogen and oxygen atoms in total. The molecule has 184 valence electrons. The number of esters is 1. The Bertz CT molecular complexity index is 1300. The second kappa shape index (κ2) is 10.9. The molecule has 0 saturated heterocycles. The van der Waals surface area contributed by atoms with E-state index < -0.39 is 11.9 Å². The fourth-order valence-corrected chi connectivity index (χ4v) is 4.02. The summed E-state index contributed by atoms with van der Waals surface area (Å²) in [6.45, 7) is 6.46. The maximum absolute atomic E-state index is 12.4. The molecule has 0 bridgehead atoms. The van der Waals surface area contributed by atoms with Crippen LogP contribution in [0.4, 0.5) is 0 Å². The number of hydrogen-bond donors (Lipinski definition) is 1. The van der Waals surface area contributed by atoms with Crippen LogP contribution >= 0.6 is 0 Å². The van der Waals surface area contributed by atoms with E-state index >= 15 is 0 Å². The number of nitrogens with zero attached hydrogens (tertiary/aromatic N) is 1. The minimum absolute atomic E-state index is 0.0144. The van der Waals surface area contributed by atoms with Crippen LogP contribution in [0.15, 0.2) is 78.2 Å². The summed E-state index contributed by atoms with van der Waals surface area (Å²) >= 11 is 0. The highest BCUT2D eigenvalue weighted by molar-refractivity contribution is 5.74. The van der Waals surface area contributed by atoms with Crippen LogP contribution in [0, 0.1) is 11.3 Å². The predicted octanol–water partition coefficient (Wildman–Crippen LogP) is 5.41. The normalized spacial score (nSPS) is 14.5. The highest BCUT2D eigenvalue weighted by Crippen LogP contribution is 2.43. The minimum atomic E-state index is -0.553. The Hall–Kier alpha value is -4.44. The van der Waals surface area contributed by atoms with Gasteiger partial charge in [-0.2, -0.15) is 5.26 Å². The Morgan fingerprint density at radius 2 is 1.64 bits per heavy atom. The Balaban J connectivity index is 1.49. The summed E-state index contributed by atoms with van der Waals surface area (Å²) in [5.74, 6) is 1.49. The number of fused-ring (bicyclic) bond motifs is 1. The number of benzene rings is 3. The average molecular weight is 485 g/mol. The van der Waals surface area contributed by atoms with Crippen LogP contribution in [-0.2, 0) is 4.79 Å². The second-order valence-electron chi connectivity index (χ2n) is 8.61. The molecule has 0 aromatic heterocycles. The van der Waals surface area contributed by atoms with Gasteiger partial charge in [-0.05, 0) is 54.3 Å². The summed E-state index contributed by atoms with van der Waals surface area (Å²) in [5.41, 5.74) is 9.19. The van der Waals surface area contributed by atoms with Crippen molar-refractivity contribution in [1.82, 2.24) is 0 Å². The first-order chi connectivity index (χ1) is 17.4. The highest BCUT2D eigenvalue weighted by atomic mass is 16.6. The van der Waals surface area contributed by atoms with E-state index in [0.29, 0.717) is 29.6 Å². The number of nitrogens with two attached hydrogens (primary N) is 1. The van der Waals surface area contributed by atoms with Gasteiger partial charge in [-0.15, -0.1) is 0 Å². The van der Waals surface area contributed by atoms with Gasteiger partial charge < -0.3 is 24.7 Å². The smallest absolute Gasteiger partial charge is 0.349 e. The minimum Gasteiger partial charge on any atom is -0.494 e. The summed E-state index contributed by atoms with van der Waals surface area (Å²) in [5, 5.41) is 9.75. The lowest BCUT2D eigenvalue weighted by atomic mass is 9.83. The van der Waals surface area contributed by atoms with Gasteiger partial charge in [-0.25, -0.2) is 4.79 Å². The first-order valence-corrected chi connectivity index (χ1v) is 11.8. The molecular formula is C29H28N2O5. The average Bonchev–Trinajstić information content (AvgIpc) is 2.87. The standard InChI is InChI=1S/C29H28N2O5/c1-4-33-21-11-7-20(8-12-21)28-24-14-13-23(15-26(24)36-29(31)25(28)16-30)35-27(32)17-34-22-9-5-19(6-10-22)18(2)3/h5-15,18,28H,4,17,31H2,1-3H3. The molecule has 0 saturated carbocycles. The molecule has 4 rings (SSSR count). The zero-order valence-electron chi connectivity index (χ0n) is 20.5. The van der Waals surface area contributed by atoms with E-state index in [4.69, 9.17) is 24.7 Å². The molecule has 1 heterocycles. The zero-order valence-corrected chi connectivity index (χ0v) is 20.5. The first kappa shape index (κ1) is 24.7. The number of rotatable bonds is 8. The number of hydrogen-bond acceptors (Lipinski definition) is 7. The van der Waals surface area contributed by atoms with E-state index in [9.17, 15) is 10.1 Å². The number of ether oxygens (including phenoxy) is 4. The zero-order chi connectivity index (χ0) is 25.7. The van der Waals surface area contributed by atoms with E-state index in [1.165, 1.54) is 5.56 Å². The molecule has 1 aliphatic heterocycles. The highest BCUT2D eigenvalue weighted by Gasteiger charge is 2.31. The van der Waals surface area contributed by atoms with Gasteiger partial charge in [0.05, 0.1) is 12.5 Å². The van der Waals surface area contributed by atoms with E-state index in [-0.39, 0.29) is 18.2 Å². The molecule has 0 spiro atoms. The quantitative estimate of drug-likeness (QED) is 0.337. The molecule has 2 N–H and O–H groups in total. The van der Waals surface area contributed by atoms with E-state index in [1.54, 1.807) is 18.2 Å². The Kier molecular flexibility index (Phi) is 7.45. The third-order valence-electron chi connectivity index (χ3n) is 5.85. The van der Waals surface area contributed by atoms with Crippen molar-refractivity contribution in [2.75, 3.05) is 13.2 Å². The van der Waals surface area contributed by atoms with Crippen LogP contribution in [0.25, 0.3) is 0 Å². The van der Waals surface area contributed by atoms with Gasteiger partial charge in [-0.3, -0.25) is 0 Å². The SMILES string of the molecule is CCOc1ccc(C2C(C#N)=C(N)Oc3cc(OC(=O)COc4ccc(C(C)C)cc4)ccc32)cc1. The second-order valence-corrected chi connectivity index (χ2v) is 8.61. The molecule has 0 amide bonds. The van der Waals surface area contributed by atoms with Crippen LogP contribution in [0.5, 0.6) is 23.0 Å². The number of nitriles is 1. The lowest BCUT2D eigenvalue weighted by molar-refractivity contribution is -0.136. The van der Waals surface area contributed by atoms with E-state index in [0.717, 1.165) is 16.9 Å². The molecule has 3 aromatic rings. The molecule has 36 heavy (non-hydrogen) atoms. The molecular weight excluding hydrogens is 456 g/mol. The third-order valence-corrected chi connectivity index (χ3v) is 5.85. The fraction of sp³-hybridized carbons (Fsp3) is 0.241. The first-order valence-electron chi connectivity index (χ1n) is 11.8. The summed E-state index contributed by atoms with van der Waals surface area (Å²) in [4.78, 5) is 12.4. The number of allylic oxidation sites excluding steroid dienone is 1. The molecule has 0 radical (unpaired) electrons. The van der Waals surface area contributed by atoms with Gasteiger partial charge in [0.1, 0.15) is 34.6 Å². The summed E-state index contributed by atoms with van der Waals surface area (Å²) in [6, 6.07) is 22.3. The third kappa shape index (κ3) is 5.44. The van der Waals surface area contributed by atoms with Crippen molar-refractivity contribution in [2.24, 2.45) is 5.73 Å². The van der Waals surface area contributed by atoms with Crippen molar-refractivity contribution in [3.05, 3.63) is 94.9 Å². The van der Waals surface area contributed by atoms with Crippen molar-refractivity contribution < 1.29 is 23.7 Å². The fourth-order valence-electron chi connectivity index (χ4n) is 4.02. The maximum atomic E-state index is 12.4. The molecule has 1 unspecified atom stereocenters. The predicted molar refractivity (Wildman–Crippen MR) is 135 cm³/mol. The summed E-state index contributed by atoms with van der Waals surface area (Å²) < 4.78 is 22.3. The molecule has 0 fully saturated rings. The molecule has 3 aromatic carbocycles. The Morgan fingerprint density at radius 1 is 1.00 bits per heavy atom. The largest absolute Gasteiger partial charge is 0.494 e. The summed E-state index contributed by atoms with van der Waals surface area (Å²) in [7, 11) is 0. The van der Waals surface area contributed by atoms with Gasteiger partial charge in [0.2, 0.25) is 5.88 Å². The Labute approximate surface area is 210 Å². The van der Waals surface area contributed by atoms with Crippen LogP contribution in [0.3, 0.4) is 0 Å². The molecule has 1 atom stereocenters. The Morgan fingerprint density at radius 3 is 2.28 bits per heavy atom. The van der Waals surface area contributed by atoms with Crippen LogP contribution < -0.4 is 24.7 Å². The summed E-state index contributed by atoms with van der Waals surface area (Å²) in [6.07, 6.45) is 0. The lowest BCUT2D eigenvalue weighted by Gasteiger charge is -2.26. The molecule has 1 aliphatic rings. The van der Waals surface area contributed by atoms with Crippen molar-refractivity contribution in [3.8, 4) is 29.1 Å². The van der Waals surface area contributed by atoms with Gasteiger partial charge in [0.15, 0.2) is 6.61 Å².